The van der Waals surface area contributed by atoms with Crippen LogP contribution < -0.4 is 10.6 Å². The van der Waals surface area contributed by atoms with E-state index in [4.69, 9.17) is 4.74 Å². The number of hydrogen-bond donors (Lipinski definition) is 4. The number of rotatable bonds is 6. The van der Waals surface area contributed by atoms with Gasteiger partial charge in [0.1, 0.15) is 6.10 Å². The first-order valence-electron chi connectivity index (χ1n) is 14.4. The van der Waals surface area contributed by atoms with Crippen LogP contribution in [0.4, 0.5) is 4.79 Å². The van der Waals surface area contributed by atoms with Crippen LogP contribution in [0.5, 0.6) is 0 Å². The second-order valence-corrected chi connectivity index (χ2v) is 12.6. The molecule has 1 saturated heterocycles. The topological polar surface area (TPSA) is 128 Å². The normalized spacial score (nSPS) is 38.5. The number of nitrogens with zero attached hydrogens (tertiary/aromatic N) is 1. The molecule has 210 valence electrons. The highest BCUT2D eigenvalue weighted by Crippen LogP contribution is 2.61. The Morgan fingerprint density at radius 3 is 2.38 bits per heavy atom. The SMILES string of the molecule is CC(=O)N[C@H]1CCN(C(=O)C[C@@H]2[C@H](O)CCC3[C@](C)(CO)[C@H](OC(=O)NC4CCCCC4)CC[C@]32C)C1. The fourth-order valence-electron chi connectivity index (χ4n) is 8.07. The Hall–Kier alpha value is -1.87. The Labute approximate surface area is 221 Å². The molecule has 0 bridgehead atoms. The van der Waals surface area contributed by atoms with Gasteiger partial charge in [-0.3, -0.25) is 9.59 Å². The first-order chi connectivity index (χ1) is 17.6. The van der Waals surface area contributed by atoms with Crippen LogP contribution >= 0.6 is 0 Å². The number of alkyl carbamates (subject to hydrolysis) is 1. The number of aliphatic hydroxyl groups is 2. The molecule has 4 rings (SSSR count). The van der Waals surface area contributed by atoms with Gasteiger partial charge in [-0.1, -0.05) is 33.1 Å². The van der Waals surface area contributed by atoms with Gasteiger partial charge in [-0.15, -0.1) is 0 Å². The van der Waals surface area contributed by atoms with E-state index in [-0.39, 0.29) is 54.2 Å². The number of carbonyl (C=O) groups is 3. The summed E-state index contributed by atoms with van der Waals surface area (Å²) in [6.45, 7) is 6.63. The highest BCUT2D eigenvalue weighted by atomic mass is 16.6. The molecule has 3 amide bonds. The van der Waals surface area contributed by atoms with E-state index in [2.05, 4.69) is 17.6 Å². The lowest BCUT2D eigenvalue weighted by atomic mass is 9.46. The summed E-state index contributed by atoms with van der Waals surface area (Å²) in [5.41, 5.74) is -1.01. The zero-order chi connectivity index (χ0) is 26.8. The summed E-state index contributed by atoms with van der Waals surface area (Å²) in [6, 6.07) is 0.137. The summed E-state index contributed by atoms with van der Waals surface area (Å²) >= 11 is 0. The lowest BCUT2D eigenvalue weighted by Gasteiger charge is -2.60. The Morgan fingerprint density at radius 1 is 0.973 bits per heavy atom. The van der Waals surface area contributed by atoms with Crippen LogP contribution in [-0.4, -0.2) is 77.0 Å². The highest BCUT2D eigenvalue weighted by molar-refractivity contribution is 5.77. The molecule has 0 radical (unpaired) electrons. The fraction of sp³-hybridized carbons (Fsp3) is 0.893. The fourth-order valence-corrected chi connectivity index (χ4v) is 8.07. The molecule has 4 aliphatic rings. The molecule has 0 spiro atoms. The van der Waals surface area contributed by atoms with Crippen LogP contribution in [0.3, 0.4) is 0 Å². The molecule has 4 N–H and O–H groups in total. The van der Waals surface area contributed by atoms with Crippen molar-refractivity contribution in [1.82, 2.24) is 15.5 Å². The molecule has 1 unspecified atom stereocenters. The minimum atomic E-state index is -0.650. The number of nitrogens with one attached hydrogen (secondary N) is 2. The van der Waals surface area contributed by atoms with Crippen molar-refractivity contribution in [2.45, 2.75) is 116 Å². The predicted octanol–water partition coefficient (Wildman–Crippen LogP) is 2.73. The summed E-state index contributed by atoms with van der Waals surface area (Å²) in [7, 11) is 0. The van der Waals surface area contributed by atoms with Crippen molar-refractivity contribution in [3.05, 3.63) is 0 Å². The quantitative estimate of drug-likeness (QED) is 0.426. The Balaban J connectivity index is 1.43. The molecule has 9 nitrogen and oxygen atoms in total. The summed E-state index contributed by atoms with van der Waals surface area (Å²) in [4.78, 5) is 39.3. The molecule has 0 aromatic carbocycles. The van der Waals surface area contributed by atoms with Gasteiger partial charge in [0.2, 0.25) is 11.8 Å². The number of amides is 3. The predicted molar refractivity (Wildman–Crippen MR) is 138 cm³/mol. The van der Waals surface area contributed by atoms with Crippen molar-refractivity contribution in [3.63, 3.8) is 0 Å². The van der Waals surface area contributed by atoms with E-state index in [0.717, 1.165) is 44.9 Å². The van der Waals surface area contributed by atoms with Gasteiger partial charge in [-0.05, 0) is 62.2 Å². The smallest absolute Gasteiger partial charge is 0.407 e. The lowest BCUT2D eigenvalue weighted by molar-refractivity contribution is -0.187. The molecule has 1 aliphatic heterocycles. The van der Waals surface area contributed by atoms with Crippen LogP contribution in [0.2, 0.25) is 0 Å². The molecule has 9 heteroatoms. The van der Waals surface area contributed by atoms with Gasteiger partial charge in [-0.25, -0.2) is 4.79 Å². The molecular formula is C28H47N3O6. The maximum atomic E-state index is 13.3. The Bertz CT molecular complexity index is 848. The van der Waals surface area contributed by atoms with Gasteiger partial charge in [0.25, 0.3) is 0 Å². The number of ether oxygens (including phenoxy) is 1. The Morgan fingerprint density at radius 2 is 1.70 bits per heavy atom. The van der Waals surface area contributed by atoms with Crippen LogP contribution in [-0.2, 0) is 14.3 Å². The van der Waals surface area contributed by atoms with E-state index in [1.165, 1.54) is 13.3 Å². The number of hydrogen-bond acceptors (Lipinski definition) is 6. The third-order valence-corrected chi connectivity index (χ3v) is 10.2. The lowest BCUT2D eigenvalue weighted by Crippen LogP contribution is -2.61. The number of aliphatic hydroxyl groups excluding tert-OH is 2. The largest absolute Gasteiger partial charge is 0.446 e. The minimum Gasteiger partial charge on any atom is -0.446 e. The van der Waals surface area contributed by atoms with E-state index in [0.29, 0.717) is 25.9 Å². The molecule has 0 aromatic rings. The van der Waals surface area contributed by atoms with Gasteiger partial charge in [0, 0.05) is 43.9 Å². The monoisotopic (exact) mass is 521 g/mol. The maximum absolute atomic E-state index is 13.3. The van der Waals surface area contributed by atoms with Crippen LogP contribution in [0.1, 0.15) is 91.4 Å². The van der Waals surface area contributed by atoms with Gasteiger partial charge in [0.15, 0.2) is 0 Å². The van der Waals surface area contributed by atoms with Gasteiger partial charge < -0.3 is 30.5 Å². The number of fused-ring (bicyclic) bond motifs is 1. The third kappa shape index (κ3) is 5.92. The van der Waals surface area contributed by atoms with Gasteiger partial charge in [-0.2, -0.15) is 0 Å². The molecule has 1 heterocycles. The average molecular weight is 522 g/mol. The van der Waals surface area contributed by atoms with E-state index in [9.17, 15) is 24.6 Å². The number of likely N-dealkylation sites (tertiary alicyclic amines) is 1. The van der Waals surface area contributed by atoms with Crippen LogP contribution in [0.15, 0.2) is 0 Å². The van der Waals surface area contributed by atoms with Crippen molar-refractivity contribution in [1.29, 1.82) is 0 Å². The highest BCUT2D eigenvalue weighted by Gasteiger charge is 2.60. The van der Waals surface area contributed by atoms with Gasteiger partial charge in [0.05, 0.1) is 12.7 Å². The standard InChI is InChI=1S/C28H47N3O6/c1-18(33)29-20-12-14-31(16-20)25(35)15-21-22(34)9-10-23-27(21,2)13-11-24(28(23,3)17-32)37-26(36)30-19-7-5-4-6-8-19/h19-24,32,34H,4-17H2,1-3H3,(H,29,33)(H,30,36)/t20-,21+,22+,23?,24+,27-,28-/m0/s1. The second-order valence-electron chi connectivity index (χ2n) is 12.6. The molecule has 7 atom stereocenters. The molecule has 3 aliphatic carbocycles. The van der Waals surface area contributed by atoms with Crippen LogP contribution in [0.25, 0.3) is 0 Å². The van der Waals surface area contributed by atoms with Crippen molar-refractivity contribution in [3.8, 4) is 0 Å². The first kappa shape index (κ1) is 28.1. The average Bonchev–Trinajstić information content (AvgIpc) is 3.32. The molecular weight excluding hydrogens is 474 g/mol. The Kier molecular flexibility index (Phi) is 8.73. The van der Waals surface area contributed by atoms with Crippen molar-refractivity contribution >= 4 is 17.9 Å². The van der Waals surface area contributed by atoms with Crippen molar-refractivity contribution < 1.29 is 29.3 Å². The van der Waals surface area contributed by atoms with Gasteiger partial charge >= 0.3 is 6.09 Å². The zero-order valence-corrected chi connectivity index (χ0v) is 22.8. The zero-order valence-electron chi connectivity index (χ0n) is 22.8. The second kappa shape index (κ2) is 11.5. The first-order valence-corrected chi connectivity index (χ1v) is 14.4. The molecule has 37 heavy (non-hydrogen) atoms. The molecule has 3 saturated carbocycles. The third-order valence-electron chi connectivity index (χ3n) is 10.2. The van der Waals surface area contributed by atoms with Crippen LogP contribution in [0, 0.1) is 22.7 Å². The summed E-state index contributed by atoms with van der Waals surface area (Å²) in [5.74, 6) is -0.304. The summed E-state index contributed by atoms with van der Waals surface area (Å²) in [5, 5.41) is 27.7. The van der Waals surface area contributed by atoms with Crippen molar-refractivity contribution in [2.75, 3.05) is 19.7 Å². The molecule has 4 fully saturated rings. The maximum Gasteiger partial charge on any atom is 0.407 e. The minimum absolute atomic E-state index is 0.00899. The molecule has 0 aromatic heterocycles. The van der Waals surface area contributed by atoms with E-state index in [1.807, 2.05) is 6.92 Å². The van der Waals surface area contributed by atoms with E-state index < -0.39 is 23.7 Å². The summed E-state index contributed by atoms with van der Waals surface area (Å²) < 4.78 is 5.98. The number of carbonyl (C=O) groups excluding carboxylic acids is 3. The van der Waals surface area contributed by atoms with E-state index in [1.54, 1.807) is 4.90 Å². The summed E-state index contributed by atoms with van der Waals surface area (Å²) in [6.07, 6.45) is 7.59. The van der Waals surface area contributed by atoms with Crippen molar-refractivity contribution in [2.24, 2.45) is 22.7 Å². The van der Waals surface area contributed by atoms with E-state index >= 15 is 0 Å².